The van der Waals surface area contributed by atoms with E-state index in [1.165, 1.54) is 44.6 Å². The van der Waals surface area contributed by atoms with E-state index in [2.05, 4.69) is 11.9 Å². The van der Waals surface area contributed by atoms with E-state index in [0.29, 0.717) is 13.2 Å². The molecule has 3 heteroatoms. The van der Waals surface area contributed by atoms with Gasteiger partial charge in [-0.15, -0.1) is 0 Å². The molecule has 0 aliphatic carbocycles. The van der Waals surface area contributed by atoms with Crippen LogP contribution in [0.1, 0.15) is 58.3 Å². The Labute approximate surface area is 99.3 Å². The number of hydrogen-bond acceptors (Lipinski definition) is 3. The Bertz CT molecular complexity index is 177. The van der Waals surface area contributed by atoms with Crippen molar-refractivity contribution in [3.8, 4) is 0 Å². The molecule has 0 saturated carbocycles. The molecular formula is C13H25NO2. The lowest BCUT2D eigenvalue weighted by molar-refractivity contribution is 0.129. The molecule has 0 aromatic heterocycles. The predicted octanol–water partition coefficient (Wildman–Crippen LogP) is 3.48. The molecule has 0 atom stereocenters. The highest BCUT2D eigenvalue weighted by Crippen LogP contribution is 2.06. The maximum Gasteiger partial charge on any atom is 0.234 e. The zero-order valence-electron chi connectivity index (χ0n) is 10.5. The van der Waals surface area contributed by atoms with Crippen LogP contribution in [-0.2, 0) is 9.53 Å². The SMILES string of the molecule is CCCCCCCCCOCCCN=C=O. The molecule has 0 aliphatic heterocycles. The van der Waals surface area contributed by atoms with Crippen molar-refractivity contribution in [3.63, 3.8) is 0 Å². The molecule has 0 bridgehead atoms. The van der Waals surface area contributed by atoms with Crippen LogP contribution in [0.15, 0.2) is 4.99 Å². The van der Waals surface area contributed by atoms with E-state index in [1.54, 1.807) is 0 Å². The first kappa shape index (κ1) is 15.3. The van der Waals surface area contributed by atoms with Gasteiger partial charge in [0.05, 0.1) is 6.54 Å². The third-order valence-corrected chi connectivity index (χ3v) is 2.52. The zero-order chi connectivity index (χ0) is 11.9. The van der Waals surface area contributed by atoms with Crippen molar-refractivity contribution < 1.29 is 9.53 Å². The molecule has 0 heterocycles. The average molecular weight is 227 g/mol. The summed E-state index contributed by atoms with van der Waals surface area (Å²) in [5.74, 6) is 0. The van der Waals surface area contributed by atoms with E-state index < -0.39 is 0 Å². The maximum atomic E-state index is 9.75. The van der Waals surface area contributed by atoms with Gasteiger partial charge in [-0.25, -0.2) is 9.79 Å². The molecule has 0 radical (unpaired) electrons. The van der Waals surface area contributed by atoms with E-state index >= 15 is 0 Å². The molecule has 16 heavy (non-hydrogen) atoms. The normalized spacial score (nSPS) is 10.1. The minimum Gasteiger partial charge on any atom is -0.381 e. The number of aliphatic imine (C=N–C) groups is 1. The Balaban J connectivity index is 2.90. The number of isocyanates is 1. The Morgan fingerprint density at radius 2 is 1.56 bits per heavy atom. The Kier molecular flexibility index (Phi) is 13.7. The molecule has 0 aromatic rings. The van der Waals surface area contributed by atoms with Gasteiger partial charge in [-0.3, -0.25) is 0 Å². The van der Waals surface area contributed by atoms with Gasteiger partial charge < -0.3 is 4.74 Å². The van der Waals surface area contributed by atoms with E-state index in [4.69, 9.17) is 4.74 Å². The lowest BCUT2D eigenvalue weighted by Crippen LogP contribution is -1.98. The van der Waals surface area contributed by atoms with Crippen molar-refractivity contribution in [2.24, 2.45) is 4.99 Å². The third-order valence-electron chi connectivity index (χ3n) is 2.52. The Hall–Kier alpha value is -0.660. The van der Waals surface area contributed by atoms with Crippen LogP contribution in [0.2, 0.25) is 0 Å². The minimum absolute atomic E-state index is 0.542. The lowest BCUT2D eigenvalue weighted by Gasteiger charge is -2.03. The van der Waals surface area contributed by atoms with Crippen LogP contribution in [0.4, 0.5) is 0 Å². The number of carbonyl (C=O) groups excluding carboxylic acids is 1. The second kappa shape index (κ2) is 14.3. The first-order chi connectivity index (χ1) is 7.91. The summed E-state index contributed by atoms with van der Waals surface area (Å²) < 4.78 is 5.42. The predicted molar refractivity (Wildman–Crippen MR) is 66.4 cm³/mol. The van der Waals surface area contributed by atoms with E-state index in [0.717, 1.165) is 19.4 Å². The summed E-state index contributed by atoms with van der Waals surface area (Å²) in [4.78, 5) is 13.2. The largest absolute Gasteiger partial charge is 0.381 e. The lowest BCUT2D eigenvalue weighted by atomic mass is 10.1. The van der Waals surface area contributed by atoms with Gasteiger partial charge in [0.15, 0.2) is 0 Å². The summed E-state index contributed by atoms with van der Waals surface area (Å²) in [6.45, 7) is 4.34. The summed E-state index contributed by atoms with van der Waals surface area (Å²) in [6.07, 6.45) is 11.5. The Morgan fingerprint density at radius 3 is 2.25 bits per heavy atom. The van der Waals surface area contributed by atoms with Crippen molar-refractivity contribution >= 4 is 6.08 Å². The molecule has 0 aromatic carbocycles. The first-order valence-electron chi connectivity index (χ1n) is 6.53. The van der Waals surface area contributed by atoms with Crippen LogP contribution in [0.3, 0.4) is 0 Å². The molecule has 0 saturated heterocycles. The molecule has 0 amide bonds. The highest BCUT2D eigenvalue weighted by molar-refractivity contribution is 5.32. The number of rotatable bonds is 12. The molecule has 0 spiro atoms. The van der Waals surface area contributed by atoms with Gasteiger partial charge in [-0.1, -0.05) is 45.4 Å². The van der Waals surface area contributed by atoms with E-state index in [1.807, 2.05) is 0 Å². The van der Waals surface area contributed by atoms with Gasteiger partial charge in [0.1, 0.15) is 0 Å². The fourth-order valence-corrected chi connectivity index (χ4v) is 1.55. The molecular weight excluding hydrogens is 202 g/mol. The summed E-state index contributed by atoms with van der Waals surface area (Å²) >= 11 is 0. The summed E-state index contributed by atoms with van der Waals surface area (Å²) in [6, 6.07) is 0. The topological polar surface area (TPSA) is 38.7 Å². The third kappa shape index (κ3) is 13.3. The first-order valence-corrected chi connectivity index (χ1v) is 6.53. The van der Waals surface area contributed by atoms with Crippen LogP contribution in [-0.4, -0.2) is 25.8 Å². The van der Waals surface area contributed by atoms with Gasteiger partial charge in [-0.05, 0) is 12.8 Å². The van der Waals surface area contributed by atoms with Crippen LogP contribution in [0, 0.1) is 0 Å². The van der Waals surface area contributed by atoms with Gasteiger partial charge in [0.2, 0.25) is 6.08 Å². The monoisotopic (exact) mass is 227 g/mol. The van der Waals surface area contributed by atoms with E-state index in [-0.39, 0.29) is 0 Å². The highest BCUT2D eigenvalue weighted by atomic mass is 16.5. The van der Waals surface area contributed by atoms with Crippen LogP contribution in [0.25, 0.3) is 0 Å². The van der Waals surface area contributed by atoms with Crippen LogP contribution in [0.5, 0.6) is 0 Å². The highest BCUT2D eigenvalue weighted by Gasteiger charge is 1.91. The fraction of sp³-hybridized carbons (Fsp3) is 0.923. The summed E-state index contributed by atoms with van der Waals surface area (Å²) in [7, 11) is 0. The summed E-state index contributed by atoms with van der Waals surface area (Å²) in [5.41, 5.74) is 0. The number of ether oxygens (including phenoxy) is 1. The van der Waals surface area contributed by atoms with Crippen LogP contribution >= 0.6 is 0 Å². The average Bonchev–Trinajstić information content (AvgIpc) is 2.31. The number of hydrogen-bond donors (Lipinski definition) is 0. The summed E-state index contributed by atoms with van der Waals surface area (Å²) in [5, 5.41) is 0. The van der Waals surface area contributed by atoms with Crippen molar-refractivity contribution in [1.29, 1.82) is 0 Å². The number of unbranched alkanes of at least 4 members (excludes halogenated alkanes) is 6. The zero-order valence-corrected chi connectivity index (χ0v) is 10.5. The molecule has 0 unspecified atom stereocenters. The second-order valence-electron chi connectivity index (χ2n) is 4.06. The van der Waals surface area contributed by atoms with Crippen molar-refractivity contribution in [3.05, 3.63) is 0 Å². The van der Waals surface area contributed by atoms with Gasteiger partial charge in [0.25, 0.3) is 0 Å². The van der Waals surface area contributed by atoms with E-state index in [9.17, 15) is 4.79 Å². The van der Waals surface area contributed by atoms with Crippen molar-refractivity contribution in [2.75, 3.05) is 19.8 Å². The molecule has 0 rings (SSSR count). The van der Waals surface area contributed by atoms with Crippen LogP contribution < -0.4 is 0 Å². The Morgan fingerprint density at radius 1 is 0.938 bits per heavy atom. The molecule has 0 fully saturated rings. The minimum atomic E-state index is 0.542. The number of nitrogens with zero attached hydrogens (tertiary/aromatic N) is 1. The van der Waals surface area contributed by atoms with Crippen molar-refractivity contribution in [1.82, 2.24) is 0 Å². The standard InChI is InChI=1S/C13H25NO2/c1-2-3-4-5-6-7-8-11-16-12-9-10-14-13-15/h2-12H2,1H3. The van der Waals surface area contributed by atoms with Gasteiger partial charge in [-0.2, -0.15) is 0 Å². The van der Waals surface area contributed by atoms with Crippen molar-refractivity contribution in [2.45, 2.75) is 58.3 Å². The smallest absolute Gasteiger partial charge is 0.234 e. The quantitative estimate of drug-likeness (QED) is 0.291. The molecule has 0 aliphatic rings. The maximum absolute atomic E-state index is 9.75. The van der Waals surface area contributed by atoms with Gasteiger partial charge in [0, 0.05) is 13.2 Å². The molecule has 94 valence electrons. The second-order valence-corrected chi connectivity index (χ2v) is 4.06. The molecule has 3 nitrogen and oxygen atoms in total. The van der Waals surface area contributed by atoms with Gasteiger partial charge >= 0.3 is 0 Å². The fourth-order valence-electron chi connectivity index (χ4n) is 1.55. The molecule has 0 N–H and O–H groups in total.